The number of hydrogen-bond donors (Lipinski definition) is 2. The second-order valence-electron chi connectivity index (χ2n) is 7.17. The summed E-state index contributed by atoms with van der Waals surface area (Å²) in [5.41, 5.74) is 2.91. The minimum absolute atomic E-state index is 0.0906. The van der Waals surface area contributed by atoms with Crippen LogP contribution < -0.4 is 5.32 Å². The van der Waals surface area contributed by atoms with Crippen LogP contribution in [0, 0.1) is 0 Å². The predicted octanol–water partition coefficient (Wildman–Crippen LogP) is 4.20. The zero-order chi connectivity index (χ0) is 19.8. The van der Waals surface area contributed by atoms with E-state index in [9.17, 15) is 4.79 Å². The van der Waals surface area contributed by atoms with Gasteiger partial charge in [-0.25, -0.2) is 4.68 Å². The molecule has 0 aliphatic carbocycles. The van der Waals surface area contributed by atoms with Crippen LogP contribution in [0.5, 0.6) is 0 Å². The van der Waals surface area contributed by atoms with E-state index in [1.54, 1.807) is 0 Å². The molecule has 1 amide bonds. The molecule has 1 aliphatic heterocycles. The number of fused-ring (bicyclic) bond motifs is 2. The Kier molecular flexibility index (Phi) is 4.69. The van der Waals surface area contributed by atoms with Crippen LogP contribution in [0.1, 0.15) is 41.7 Å². The van der Waals surface area contributed by atoms with Crippen LogP contribution in [0.4, 0.5) is 0 Å². The minimum atomic E-state index is -0.249. The molecule has 0 bridgehead atoms. The van der Waals surface area contributed by atoms with Crippen LogP contribution in [-0.2, 0) is 11.3 Å². The Morgan fingerprint density at radius 1 is 1.24 bits per heavy atom. The van der Waals surface area contributed by atoms with E-state index >= 15 is 0 Å². The lowest BCUT2D eigenvalue weighted by atomic mass is 10.1. The van der Waals surface area contributed by atoms with Crippen molar-refractivity contribution in [3.05, 3.63) is 58.9 Å². The van der Waals surface area contributed by atoms with E-state index in [1.165, 1.54) is 0 Å². The van der Waals surface area contributed by atoms with Crippen LogP contribution in [0.25, 0.3) is 21.8 Å². The summed E-state index contributed by atoms with van der Waals surface area (Å²) in [6.07, 6.45) is 3.01. The lowest BCUT2D eigenvalue weighted by Crippen LogP contribution is -2.24. The van der Waals surface area contributed by atoms with E-state index < -0.39 is 0 Å². The molecule has 0 saturated carbocycles. The number of amides is 1. The fraction of sp³-hybridized carbons (Fsp3) is 0.286. The van der Waals surface area contributed by atoms with Gasteiger partial charge in [0.25, 0.3) is 5.91 Å². The molecule has 1 atom stereocenters. The SMILES string of the molecule is O=C(NCc1nn(C2CCCCO2)c2ccc(Cl)cc12)c1n[nH]c2ccccc12. The highest BCUT2D eigenvalue weighted by Crippen LogP contribution is 2.29. The fourth-order valence-corrected chi connectivity index (χ4v) is 4.00. The summed E-state index contributed by atoms with van der Waals surface area (Å²) in [7, 11) is 0. The number of hydrogen-bond acceptors (Lipinski definition) is 4. The molecule has 8 heteroatoms. The van der Waals surface area contributed by atoms with Crippen molar-refractivity contribution in [3.8, 4) is 0 Å². The summed E-state index contributed by atoms with van der Waals surface area (Å²) < 4.78 is 7.83. The third-order valence-electron chi connectivity index (χ3n) is 5.28. The molecule has 148 valence electrons. The maximum absolute atomic E-state index is 12.7. The van der Waals surface area contributed by atoms with Gasteiger partial charge in [-0.15, -0.1) is 0 Å². The first-order chi connectivity index (χ1) is 14.2. The van der Waals surface area contributed by atoms with Gasteiger partial charge in [-0.2, -0.15) is 10.2 Å². The van der Waals surface area contributed by atoms with Crippen LogP contribution in [0.15, 0.2) is 42.5 Å². The van der Waals surface area contributed by atoms with E-state index in [1.807, 2.05) is 47.1 Å². The molecule has 2 aromatic carbocycles. The molecule has 2 N–H and O–H groups in total. The normalized spacial score (nSPS) is 17.1. The molecule has 29 heavy (non-hydrogen) atoms. The second kappa shape index (κ2) is 7.50. The minimum Gasteiger partial charge on any atom is -0.356 e. The highest BCUT2D eigenvalue weighted by molar-refractivity contribution is 6.31. The van der Waals surface area contributed by atoms with Crippen LogP contribution in [-0.4, -0.2) is 32.5 Å². The number of para-hydroxylation sites is 1. The Bertz CT molecular complexity index is 1190. The highest BCUT2D eigenvalue weighted by Gasteiger charge is 2.22. The third kappa shape index (κ3) is 3.36. The van der Waals surface area contributed by atoms with Crippen LogP contribution in [0.3, 0.4) is 0 Å². The monoisotopic (exact) mass is 409 g/mol. The van der Waals surface area contributed by atoms with Crippen molar-refractivity contribution in [2.45, 2.75) is 32.0 Å². The van der Waals surface area contributed by atoms with Gasteiger partial charge in [0.05, 0.1) is 23.3 Å². The lowest BCUT2D eigenvalue weighted by Gasteiger charge is -2.23. The summed E-state index contributed by atoms with van der Waals surface area (Å²) in [4.78, 5) is 12.7. The van der Waals surface area contributed by atoms with Crippen LogP contribution >= 0.6 is 11.6 Å². The van der Waals surface area contributed by atoms with Gasteiger partial charge in [-0.1, -0.05) is 29.8 Å². The summed E-state index contributed by atoms with van der Waals surface area (Å²) in [6, 6.07) is 13.2. The van der Waals surface area contributed by atoms with Gasteiger partial charge in [0.2, 0.25) is 0 Å². The first-order valence-corrected chi connectivity index (χ1v) is 10.1. The average molecular weight is 410 g/mol. The molecule has 7 nitrogen and oxygen atoms in total. The lowest BCUT2D eigenvalue weighted by molar-refractivity contribution is -0.0369. The summed E-state index contributed by atoms with van der Waals surface area (Å²) in [5, 5.41) is 17.1. The van der Waals surface area contributed by atoms with Crippen molar-refractivity contribution >= 4 is 39.3 Å². The second-order valence-corrected chi connectivity index (χ2v) is 7.61. The molecule has 1 saturated heterocycles. The predicted molar refractivity (Wildman–Crippen MR) is 111 cm³/mol. The maximum atomic E-state index is 12.7. The third-order valence-corrected chi connectivity index (χ3v) is 5.51. The molecular weight excluding hydrogens is 390 g/mol. The molecule has 4 aromatic rings. The molecule has 0 radical (unpaired) electrons. The maximum Gasteiger partial charge on any atom is 0.272 e. The van der Waals surface area contributed by atoms with Gasteiger partial charge in [0.15, 0.2) is 11.9 Å². The van der Waals surface area contributed by atoms with E-state index in [0.29, 0.717) is 10.7 Å². The number of H-pyrrole nitrogens is 1. The number of carbonyl (C=O) groups is 1. The van der Waals surface area contributed by atoms with Crippen LogP contribution in [0.2, 0.25) is 5.02 Å². The van der Waals surface area contributed by atoms with Gasteiger partial charge < -0.3 is 10.1 Å². The molecule has 1 fully saturated rings. The number of rotatable bonds is 4. The van der Waals surface area contributed by atoms with E-state index in [0.717, 1.165) is 53.4 Å². The smallest absolute Gasteiger partial charge is 0.272 e. The molecule has 3 heterocycles. The topological polar surface area (TPSA) is 84.8 Å². The first kappa shape index (κ1) is 18.1. The number of ether oxygens (including phenoxy) is 1. The first-order valence-electron chi connectivity index (χ1n) is 9.70. The summed E-state index contributed by atoms with van der Waals surface area (Å²) >= 11 is 6.23. The molecule has 2 aromatic heterocycles. The Balaban J connectivity index is 1.44. The molecule has 1 aliphatic rings. The quantitative estimate of drug-likeness (QED) is 0.529. The van der Waals surface area contributed by atoms with Crippen molar-refractivity contribution < 1.29 is 9.53 Å². The number of halogens is 1. The zero-order valence-corrected chi connectivity index (χ0v) is 16.4. The zero-order valence-electron chi connectivity index (χ0n) is 15.7. The fourth-order valence-electron chi connectivity index (χ4n) is 3.83. The number of benzene rings is 2. The molecule has 1 unspecified atom stereocenters. The van der Waals surface area contributed by atoms with Crippen molar-refractivity contribution in [1.82, 2.24) is 25.3 Å². The Labute approximate surface area is 172 Å². The van der Waals surface area contributed by atoms with Gasteiger partial charge in [0.1, 0.15) is 0 Å². The number of carbonyl (C=O) groups excluding carboxylic acids is 1. The van der Waals surface area contributed by atoms with E-state index in [4.69, 9.17) is 21.4 Å². The number of aromatic amines is 1. The molecule has 0 spiro atoms. The number of aromatic nitrogens is 4. The van der Waals surface area contributed by atoms with Crippen molar-refractivity contribution in [2.75, 3.05) is 6.61 Å². The van der Waals surface area contributed by atoms with Crippen molar-refractivity contribution in [1.29, 1.82) is 0 Å². The Hall–Kier alpha value is -2.90. The largest absolute Gasteiger partial charge is 0.356 e. The number of nitrogens with one attached hydrogen (secondary N) is 2. The average Bonchev–Trinajstić information content (AvgIpc) is 3.34. The van der Waals surface area contributed by atoms with Gasteiger partial charge in [-0.05, 0) is 43.5 Å². The molecule has 5 rings (SSSR count). The van der Waals surface area contributed by atoms with Crippen molar-refractivity contribution in [3.63, 3.8) is 0 Å². The van der Waals surface area contributed by atoms with Gasteiger partial charge in [-0.3, -0.25) is 9.89 Å². The molecular formula is C21H20ClN5O2. The summed E-state index contributed by atoms with van der Waals surface area (Å²) in [5.74, 6) is -0.249. The standard InChI is InChI=1S/C21H20ClN5O2/c22-13-8-9-18-15(11-13)17(26-27(18)19-7-3-4-10-29-19)12-23-21(28)20-14-5-1-2-6-16(14)24-25-20/h1-2,5-6,8-9,11,19H,3-4,7,10,12H2,(H,23,28)(H,24,25). The Morgan fingerprint density at radius 2 is 2.14 bits per heavy atom. The van der Waals surface area contributed by atoms with E-state index in [2.05, 4.69) is 15.5 Å². The van der Waals surface area contributed by atoms with Gasteiger partial charge in [0, 0.05) is 22.4 Å². The summed E-state index contributed by atoms with van der Waals surface area (Å²) in [6.45, 7) is 1.01. The Morgan fingerprint density at radius 3 is 3.00 bits per heavy atom. The highest BCUT2D eigenvalue weighted by atomic mass is 35.5. The number of nitrogens with zero attached hydrogens (tertiary/aromatic N) is 3. The van der Waals surface area contributed by atoms with Gasteiger partial charge >= 0.3 is 0 Å². The van der Waals surface area contributed by atoms with E-state index in [-0.39, 0.29) is 18.7 Å². The van der Waals surface area contributed by atoms with Crippen molar-refractivity contribution in [2.24, 2.45) is 0 Å².